The minimum Gasteiger partial charge on any atom is -0.493 e. The van der Waals surface area contributed by atoms with E-state index in [1.54, 1.807) is 32.0 Å². The monoisotopic (exact) mass is 369 g/mol. The van der Waals surface area contributed by atoms with Crippen LogP contribution in [0.15, 0.2) is 28.4 Å². The normalized spacial score (nSPS) is 11.8. The molecule has 0 aliphatic rings. The first-order valence-electron chi connectivity index (χ1n) is 7.52. The van der Waals surface area contributed by atoms with Crippen molar-refractivity contribution in [1.82, 2.24) is 4.57 Å². The van der Waals surface area contributed by atoms with Crippen LogP contribution in [0.2, 0.25) is 0 Å². The molecule has 0 radical (unpaired) electrons. The molecule has 0 aliphatic heterocycles. The lowest BCUT2D eigenvalue weighted by Crippen LogP contribution is -2.00. The van der Waals surface area contributed by atoms with Gasteiger partial charge in [0, 0.05) is 11.9 Å². The van der Waals surface area contributed by atoms with E-state index in [2.05, 4.69) is 10.2 Å². The summed E-state index contributed by atoms with van der Waals surface area (Å²) in [7, 11) is 0. The molecule has 0 unspecified atom stereocenters. The van der Waals surface area contributed by atoms with Crippen molar-refractivity contribution < 1.29 is 27.1 Å². The van der Waals surface area contributed by atoms with Crippen molar-refractivity contribution in [3.05, 3.63) is 52.8 Å². The molecule has 0 saturated heterocycles. The van der Waals surface area contributed by atoms with Crippen molar-refractivity contribution >= 4 is 22.3 Å². The van der Waals surface area contributed by atoms with Gasteiger partial charge in [-0.2, -0.15) is 0 Å². The maximum atomic E-state index is 13.7. The molecule has 0 amide bonds. The summed E-state index contributed by atoms with van der Waals surface area (Å²) in [5.41, 5.74) is -0.152. The molecule has 1 N–H and O–H groups in total. The molecule has 2 aromatic carbocycles. The van der Waals surface area contributed by atoms with E-state index in [4.69, 9.17) is 0 Å². The molecule has 3 aromatic rings. The first kappa shape index (κ1) is 17.8. The summed E-state index contributed by atoms with van der Waals surface area (Å²) in [6, 6.07) is 5.17. The van der Waals surface area contributed by atoms with E-state index in [9.17, 15) is 27.1 Å². The predicted octanol–water partition coefficient (Wildman–Crippen LogP) is 5.79. The molecule has 0 bridgehead atoms. The number of fused-ring (bicyclic) bond motifs is 1. The smallest absolute Gasteiger partial charge is 0.220 e. The Morgan fingerprint density at radius 1 is 0.885 bits per heavy atom. The standard InChI is InChI=1S/C17H12F5N3O/c1-3-25-9-5-4-7(2)6-8(9)15(17(25)26)23-24-16-13(21)11(19)10(18)12(20)14(16)22/h4-6,26H,3H2,1-2H3. The van der Waals surface area contributed by atoms with Crippen LogP contribution in [-0.4, -0.2) is 9.67 Å². The molecule has 9 heteroatoms. The van der Waals surface area contributed by atoms with Gasteiger partial charge >= 0.3 is 0 Å². The number of azo groups is 1. The molecule has 4 nitrogen and oxygen atoms in total. The quantitative estimate of drug-likeness (QED) is 0.270. The molecule has 136 valence electrons. The van der Waals surface area contributed by atoms with Crippen molar-refractivity contribution in [3.63, 3.8) is 0 Å². The number of hydrogen-bond acceptors (Lipinski definition) is 3. The highest BCUT2D eigenvalue weighted by Crippen LogP contribution is 2.40. The Kier molecular flexibility index (Phi) is 4.39. The lowest BCUT2D eigenvalue weighted by molar-refractivity contribution is 0.380. The Bertz CT molecular complexity index is 1030. The molecule has 26 heavy (non-hydrogen) atoms. The number of halogens is 5. The first-order valence-corrected chi connectivity index (χ1v) is 7.52. The second-order valence-electron chi connectivity index (χ2n) is 5.56. The van der Waals surface area contributed by atoms with E-state index < -0.39 is 34.8 Å². The first-order chi connectivity index (χ1) is 12.3. The lowest BCUT2D eigenvalue weighted by Gasteiger charge is -2.03. The van der Waals surface area contributed by atoms with E-state index in [0.717, 1.165) is 5.56 Å². The third-order valence-corrected chi connectivity index (χ3v) is 3.92. The van der Waals surface area contributed by atoms with Crippen LogP contribution in [0.25, 0.3) is 10.9 Å². The van der Waals surface area contributed by atoms with Crippen LogP contribution >= 0.6 is 0 Å². The fraction of sp³-hybridized carbons (Fsp3) is 0.176. The van der Waals surface area contributed by atoms with Crippen LogP contribution in [-0.2, 0) is 6.54 Å². The average Bonchev–Trinajstić information content (AvgIpc) is 2.88. The molecule has 0 spiro atoms. The van der Waals surface area contributed by atoms with Gasteiger partial charge in [0.1, 0.15) is 0 Å². The largest absolute Gasteiger partial charge is 0.493 e. The molecule has 0 saturated carbocycles. The predicted molar refractivity (Wildman–Crippen MR) is 84.4 cm³/mol. The number of rotatable bonds is 3. The van der Waals surface area contributed by atoms with Gasteiger partial charge in [0.25, 0.3) is 0 Å². The number of aromatic nitrogens is 1. The van der Waals surface area contributed by atoms with Crippen molar-refractivity contribution in [2.75, 3.05) is 0 Å². The van der Waals surface area contributed by atoms with Gasteiger partial charge < -0.3 is 9.67 Å². The zero-order valence-corrected chi connectivity index (χ0v) is 13.6. The molecule has 0 aliphatic carbocycles. The number of hydrogen-bond donors (Lipinski definition) is 1. The van der Waals surface area contributed by atoms with Crippen LogP contribution in [0.3, 0.4) is 0 Å². The van der Waals surface area contributed by atoms with E-state index in [1.165, 1.54) is 4.57 Å². The van der Waals surface area contributed by atoms with Gasteiger partial charge in [-0.3, -0.25) is 0 Å². The van der Waals surface area contributed by atoms with Gasteiger partial charge in [-0.25, -0.2) is 22.0 Å². The van der Waals surface area contributed by atoms with E-state index in [1.807, 2.05) is 0 Å². The topological polar surface area (TPSA) is 49.9 Å². The summed E-state index contributed by atoms with van der Waals surface area (Å²) in [5, 5.41) is 17.5. The number of aryl methyl sites for hydroxylation is 2. The Balaban J connectivity index is 2.22. The molecule has 0 atom stereocenters. The summed E-state index contributed by atoms with van der Waals surface area (Å²) in [6.07, 6.45) is 0. The number of aromatic hydroxyl groups is 1. The Morgan fingerprint density at radius 3 is 2.00 bits per heavy atom. The number of benzene rings is 2. The van der Waals surface area contributed by atoms with E-state index >= 15 is 0 Å². The minimum atomic E-state index is -2.28. The second kappa shape index (κ2) is 6.40. The van der Waals surface area contributed by atoms with Gasteiger partial charge in [0.15, 0.2) is 34.6 Å². The van der Waals surface area contributed by atoms with Crippen molar-refractivity contribution in [2.45, 2.75) is 20.4 Å². The zero-order valence-electron chi connectivity index (χ0n) is 13.6. The zero-order chi connectivity index (χ0) is 19.2. The summed E-state index contributed by atoms with van der Waals surface area (Å²) < 4.78 is 68.5. The fourth-order valence-corrected chi connectivity index (χ4v) is 2.64. The highest BCUT2D eigenvalue weighted by atomic mass is 19.2. The molecule has 1 aromatic heterocycles. The molecular weight excluding hydrogens is 357 g/mol. The number of nitrogens with zero attached hydrogens (tertiary/aromatic N) is 3. The maximum Gasteiger partial charge on any atom is 0.220 e. The van der Waals surface area contributed by atoms with Crippen LogP contribution in [0.1, 0.15) is 12.5 Å². The highest BCUT2D eigenvalue weighted by molar-refractivity contribution is 5.95. The minimum absolute atomic E-state index is 0.130. The van der Waals surface area contributed by atoms with Gasteiger partial charge in [-0.15, -0.1) is 10.2 Å². The summed E-state index contributed by atoms with van der Waals surface area (Å²) in [4.78, 5) is 0. The van der Waals surface area contributed by atoms with Crippen LogP contribution in [0.5, 0.6) is 5.88 Å². The summed E-state index contributed by atoms with van der Waals surface area (Å²) in [6.45, 7) is 3.90. The third-order valence-electron chi connectivity index (χ3n) is 3.92. The van der Waals surface area contributed by atoms with Gasteiger partial charge in [0.2, 0.25) is 11.7 Å². The third kappa shape index (κ3) is 2.59. The summed E-state index contributed by atoms with van der Waals surface area (Å²) >= 11 is 0. The maximum absolute atomic E-state index is 13.7. The van der Waals surface area contributed by atoms with Crippen molar-refractivity contribution in [3.8, 4) is 5.88 Å². The Labute approximate surface area is 144 Å². The Morgan fingerprint density at radius 2 is 1.42 bits per heavy atom. The molecular formula is C17H12F5N3O. The van der Waals surface area contributed by atoms with Crippen molar-refractivity contribution in [1.29, 1.82) is 0 Å². The van der Waals surface area contributed by atoms with Gasteiger partial charge in [0.05, 0.1) is 5.52 Å². The molecule has 0 fully saturated rings. The highest BCUT2D eigenvalue weighted by Gasteiger charge is 2.26. The summed E-state index contributed by atoms with van der Waals surface area (Å²) in [5.74, 6) is -11.0. The van der Waals surface area contributed by atoms with Crippen LogP contribution in [0.4, 0.5) is 33.3 Å². The van der Waals surface area contributed by atoms with Crippen LogP contribution in [0, 0.1) is 36.0 Å². The lowest BCUT2D eigenvalue weighted by atomic mass is 10.1. The van der Waals surface area contributed by atoms with Gasteiger partial charge in [-0.1, -0.05) is 11.6 Å². The Hall–Kier alpha value is -2.97. The molecule has 3 rings (SSSR count). The van der Waals surface area contributed by atoms with Gasteiger partial charge in [-0.05, 0) is 26.0 Å². The van der Waals surface area contributed by atoms with Crippen molar-refractivity contribution in [2.24, 2.45) is 10.2 Å². The average molecular weight is 369 g/mol. The fourth-order valence-electron chi connectivity index (χ4n) is 2.64. The van der Waals surface area contributed by atoms with E-state index in [-0.39, 0.29) is 11.6 Å². The van der Waals surface area contributed by atoms with Crippen LogP contribution < -0.4 is 0 Å². The molecule has 1 heterocycles. The van der Waals surface area contributed by atoms with E-state index in [0.29, 0.717) is 17.4 Å². The second-order valence-corrected chi connectivity index (χ2v) is 5.56. The SMILES string of the molecule is CCn1c(O)c(N=Nc2c(F)c(F)c(F)c(F)c2F)c2cc(C)ccc21.